The van der Waals surface area contributed by atoms with Crippen LogP contribution in [-0.4, -0.2) is 180 Å². The van der Waals surface area contributed by atoms with Crippen LogP contribution >= 0.6 is 0 Å². The van der Waals surface area contributed by atoms with Gasteiger partial charge in [0.2, 0.25) is 53.2 Å². The van der Waals surface area contributed by atoms with Crippen molar-refractivity contribution in [2.45, 2.75) is 185 Å². The smallest absolute Gasteiger partial charge is 0.326 e. The molecule has 11 N–H and O–H groups in total. The second-order valence-corrected chi connectivity index (χ2v) is 22.6. The first-order chi connectivity index (χ1) is 36.0. The first-order valence-electron chi connectivity index (χ1n) is 26.0. The fraction of sp³-hybridized carbons (Fsp3) is 0.660. The van der Waals surface area contributed by atoms with Gasteiger partial charge in [-0.05, 0) is 149 Å². The number of amides is 8. The Bertz CT molecular complexity index is 2650. The SMILES string of the molecule is CC(=O)[C@H](N)C(=O)N[C@@H](CCCNC(=N)NS(=O)(=O)c1c(C)c(C)c2c(c1C)CCC(C)(C)O2)C(=O)N[C@@H](C)C(=O)NCC(=O)N[C@@H](C)C(=O)N[C@@H](C)C(=O)N1CCC[C@H]1C(=O)N1CCC[C@H]1C(=O)N1CCC[C@H]1C(=O)O. The molecule has 4 aliphatic heterocycles. The number of Topliss-reactive ketones (excluding diaryl/α,β-unsaturated/α-hetero) is 1. The fourth-order valence-electron chi connectivity index (χ4n) is 10.2. The summed E-state index contributed by atoms with van der Waals surface area (Å²) in [6.45, 7) is 14.3. The molecular formula is C50H76N12O14S. The molecular weight excluding hydrogens is 1020 g/mol. The summed E-state index contributed by atoms with van der Waals surface area (Å²) in [4.78, 5) is 134. The maximum absolute atomic E-state index is 13.9. The largest absolute Gasteiger partial charge is 0.487 e. The van der Waals surface area contributed by atoms with Crippen LogP contribution in [0.3, 0.4) is 0 Å². The Morgan fingerprint density at radius 1 is 0.727 bits per heavy atom. The standard InChI is InChI=1S/C50H76N12O14S/c1-25-26(2)40(27(3)32-18-19-50(8,9)76-39(25)32)77(74,75)59-49(52)53-20-10-14-33(58-44(68)38(51)31(7)63)43(67)56-28(4)41(65)54-24-37(64)55-29(5)42(66)57-30(6)45(69)60-21-11-15-34(60)46(70)61-22-12-16-35(61)47(71)62-23-13-17-36(62)48(72)73/h28-30,33-36,38H,10-24,51H2,1-9H3,(H,54,65)(H,55,64)(H,56,67)(H,57,66)(H,58,68)(H,72,73)(H3,52,53,59)/t28-,29-,30-,33-,34-,35-,36-,38-/m0/s1. The summed E-state index contributed by atoms with van der Waals surface area (Å²) in [5.41, 5.74) is 7.74. The molecule has 4 aliphatic rings. The molecule has 0 spiro atoms. The zero-order chi connectivity index (χ0) is 57.4. The summed E-state index contributed by atoms with van der Waals surface area (Å²) in [5, 5.41) is 32.8. The van der Waals surface area contributed by atoms with Gasteiger partial charge in [0.25, 0.3) is 10.0 Å². The van der Waals surface area contributed by atoms with Gasteiger partial charge in [0.1, 0.15) is 59.7 Å². The van der Waals surface area contributed by atoms with Gasteiger partial charge in [-0.2, -0.15) is 0 Å². The molecule has 77 heavy (non-hydrogen) atoms. The number of benzene rings is 1. The van der Waals surface area contributed by atoms with Crippen LogP contribution in [0.5, 0.6) is 5.75 Å². The van der Waals surface area contributed by atoms with E-state index in [2.05, 4.69) is 36.6 Å². The van der Waals surface area contributed by atoms with Gasteiger partial charge in [-0.1, -0.05) is 0 Å². The molecule has 1 aromatic rings. The Hall–Kier alpha value is -6.90. The quantitative estimate of drug-likeness (QED) is 0.0286. The van der Waals surface area contributed by atoms with Crippen LogP contribution in [0.4, 0.5) is 0 Å². The number of carbonyl (C=O) groups is 10. The van der Waals surface area contributed by atoms with Gasteiger partial charge in [0.15, 0.2) is 5.78 Å². The molecule has 3 saturated heterocycles. The lowest BCUT2D eigenvalue weighted by Crippen LogP contribution is -2.58. The number of aliphatic carboxylic acids is 1. The molecule has 0 saturated carbocycles. The first-order valence-corrected chi connectivity index (χ1v) is 27.5. The van der Waals surface area contributed by atoms with Crippen LogP contribution in [0.15, 0.2) is 4.90 Å². The summed E-state index contributed by atoms with van der Waals surface area (Å²) >= 11 is 0. The van der Waals surface area contributed by atoms with Gasteiger partial charge in [-0.25, -0.2) is 17.9 Å². The Morgan fingerprint density at radius 2 is 1.27 bits per heavy atom. The number of carboxylic acids is 1. The van der Waals surface area contributed by atoms with E-state index in [9.17, 15) is 61.5 Å². The minimum atomic E-state index is -4.25. The second-order valence-electron chi connectivity index (χ2n) is 20.9. The number of nitrogens with one attached hydrogen (secondary N) is 8. The van der Waals surface area contributed by atoms with Gasteiger partial charge < -0.3 is 62.2 Å². The fourth-order valence-corrected chi connectivity index (χ4v) is 11.7. The number of carboxylic acid groups (broad SMARTS) is 1. The van der Waals surface area contributed by atoms with Crippen LogP contribution in [0.2, 0.25) is 0 Å². The number of carbonyl (C=O) groups excluding carboxylic acids is 9. The summed E-state index contributed by atoms with van der Waals surface area (Å²) in [5.74, 6) is -7.37. The average Bonchev–Trinajstić information content (AvgIpc) is 4.18. The molecule has 0 aliphatic carbocycles. The zero-order valence-corrected chi connectivity index (χ0v) is 46.1. The van der Waals surface area contributed by atoms with E-state index in [0.717, 1.165) is 12.5 Å². The number of guanidine groups is 1. The predicted molar refractivity (Wildman–Crippen MR) is 277 cm³/mol. The van der Waals surface area contributed by atoms with Crippen LogP contribution in [0, 0.1) is 26.2 Å². The first kappa shape index (κ1) is 61.0. The van der Waals surface area contributed by atoms with Crippen molar-refractivity contribution in [1.82, 2.24) is 51.3 Å². The van der Waals surface area contributed by atoms with Crippen molar-refractivity contribution >= 4 is 75.0 Å². The highest BCUT2D eigenvalue weighted by molar-refractivity contribution is 7.90. The van der Waals surface area contributed by atoms with Crippen molar-refractivity contribution in [3.8, 4) is 5.75 Å². The molecule has 27 heteroatoms. The van der Waals surface area contributed by atoms with Crippen molar-refractivity contribution in [3.63, 3.8) is 0 Å². The Balaban J connectivity index is 1.08. The summed E-state index contributed by atoms with van der Waals surface area (Å²) < 4.78 is 35.8. The Morgan fingerprint density at radius 3 is 1.87 bits per heavy atom. The van der Waals surface area contributed by atoms with Gasteiger partial charge >= 0.3 is 5.97 Å². The molecule has 5 rings (SSSR count). The van der Waals surface area contributed by atoms with Crippen molar-refractivity contribution in [2.24, 2.45) is 5.73 Å². The number of sulfonamides is 1. The number of ketones is 1. The number of likely N-dealkylation sites (tertiary alicyclic amines) is 3. The number of rotatable bonds is 21. The van der Waals surface area contributed by atoms with E-state index in [1.54, 1.807) is 20.8 Å². The average molecular weight is 1100 g/mol. The van der Waals surface area contributed by atoms with Crippen LogP contribution in [-0.2, 0) is 64.4 Å². The van der Waals surface area contributed by atoms with Crippen molar-refractivity contribution < 1.29 is 66.2 Å². The Labute approximate surface area is 448 Å². The van der Waals surface area contributed by atoms with Gasteiger partial charge in [-0.15, -0.1) is 0 Å². The number of ether oxygens (including phenoxy) is 1. The van der Waals surface area contributed by atoms with Crippen LogP contribution < -0.4 is 47.1 Å². The molecule has 8 atom stereocenters. The maximum Gasteiger partial charge on any atom is 0.326 e. The molecule has 0 aromatic heterocycles. The van der Waals surface area contributed by atoms with Crippen LogP contribution in [0.25, 0.3) is 0 Å². The molecule has 1 aromatic carbocycles. The van der Waals surface area contributed by atoms with E-state index >= 15 is 0 Å². The van der Waals surface area contributed by atoms with Crippen molar-refractivity contribution in [2.75, 3.05) is 32.7 Å². The number of nitrogens with zero attached hydrogens (tertiary/aromatic N) is 3. The van der Waals surface area contributed by atoms with Crippen molar-refractivity contribution in [1.29, 1.82) is 5.41 Å². The number of fused-ring (bicyclic) bond motifs is 1. The lowest BCUT2D eigenvalue weighted by molar-refractivity contribution is -0.153. The van der Waals surface area contributed by atoms with Gasteiger partial charge in [0.05, 0.1) is 11.4 Å². The lowest BCUT2D eigenvalue weighted by Gasteiger charge is -2.35. The maximum atomic E-state index is 13.9. The third-order valence-corrected chi connectivity index (χ3v) is 16.3. The van der Waals surface area contributed by atoms with E-state index in [1.165, 1.54) is 35.5 Å². The van der Waals surface area contributed by atoms with E-state index in [0.29, 0.717) is 73.8 Å². The van der Waals surface area contributed by atoms with Crippen molar-refractivity contribution in [3.05, 3.63) is 22.3 Å². The highest BCUT2D eigenvalue weighted by atomic mass is 32.2. The number of nitrogens with two attached hydrogens (primary N) is 1. The lowest BCUT2D eigenvalue weighted by atomic mass is 9.88. The third-order valence-electron chi connectivity index (χ3n) is 14.6. The van der Waals surface area contributed by atoms with E-state index in [-0.39, 0.29) is 43.9 Å². The molecule has 0 radical (unpaired) electrons. The molecule has 426 valence electrons. The van der Waals surface area contributed by atoms with E-state index in [1.807, 2.05) is 13.8 Å². The monoisotopic (exact) mass is 1100 g/mol. The summed E-state index contributed by atoms with van der Waals surface area (Å²) in [6.07, 6.45) is 3.78. The minimum absolute atomic E-state index is 0.0357. The molecule has 3 fully saturated rings. The molecule has 4 heterocycles. The predicted octanol–water partition coefficient (Wildman–Crippen LogP) is -1.61. The molecule has 26 nitrogen and oxygen atoms in total. The van der Waals surface area contributed by atoms with Crippen LogP contribution in [0.1, 0.15) is 122 Å². The minimum Gasteiger partial charge on any atom is -0.487 e. The summed E-state index contributed by atoms with van der Waals surface area (Å²) in [7, 11) is -4.25. The van der Waals surface area contributed by atoms with Gasteiger partial charge in [-0.3, -0.25) is 48.6 Å². The normalized spacial score (nSPS) is 20.7. The molecule has 0 bridgehead atoms. The van der Waals surface area contributed by atoms with E-state index < -0.39 is 135 Å². The molecule has 0 unspecified atom stereocenters. The Kier molecular flexibility index (Phi) is 20.2. The molecule has 8 amide bonds. The van der Waals surface area contributed by atoms with Gasteiger partial charge in [0, 0.05) is 26.2 Å². The highest BCUT2D eigenvalue weighted by Crippen LogP contribution is 2.42. The highest BCUT2D eigenvalue weighted by Gasteiger charge is 2.46. The third kappa shape index (κ3) is 14.8. The number of hydrogen-bond acceptors (Lipinski definition) is 15. The topological polar surface area (TPSA) is 378 Å². The summed E-state index contributed by atoms with van der Waals surface area (Å²) in [6, 6.07) is -9.33. The zero-order valence-electron chi connectivity index (χ0n) is 45.3. The second kappa shape index (κ2) is 25.5. The van der Waals surface area contributed by atoms with E-state index in [4.69, 9.17) is 15.9 Å². The number of hydrogen-bond donors (Lipinski definition) is 10.